The van der Waals surface area contributed by atoms with E-state index in [4.69, 9.17) is 4.74 Å². The fraction of sp³-hybridized carbons (Fsp3) is 0.478. The SMILES string of the molecule is CCCCCCOC[N+](C)(C)Cc1cc(N=Nc2ccc(C)cc2)ccc1O. The van der Waals surface area contributed by atoms with Crippen molar-refractivity contribution in [2.75, 3.05) is 27.4 Å². The number of benzene rings is 2. The molecule has 0 unspecified atom stereocenters. The van der Waals surface area contributed by atoms with E-state index in [-0.39, 0.29) is 5.75 Å². The van der Waals surface area contributed by atoms with Crippen molar-refractivity contribution in [1.82, 2.24) is 0 Å². The first-order valence-electron chi connectivity index (χ1n) is 10.1. The van der Waals surface area contributed by atoms with Crippen LogP contribution in [0.15, 0.2) is 52.7 Å². The molecule has 5 heteroatoms. The molecule has 0 aliphatic carbocycles. The summed E-state index contributed by atoms with van der Waals surface area (Å²) in [6.07, 6.45) is 4.82. The van der Waals surface area contributed by atoms with Crippen molar-refractivity contribution in [3.8, 4) is 5.75 Å². The van der Waals surface area contributed by atoms with Crippen molar-refractivity contribution >= 4 is 11.4 Å². The maximum atomic E-state index is 10.3. The average molecular weight is 385 g/mol. The molecule has 2 aromatic carbocycles. The zero-order valence-corrected chi connectivity index (χ0v) is 17.7. The number of unbranched alkanes of at least 4 members (excludes halogenated alkanes) is 3. The van der Waals surface area contributed by atoms with Gasteiger partial charge in [0.1, 0.15) is 12.3 Å². The first-order valence-corrected chi connectivity index (χ1v) is 10.1. The maximum Gasteiger partial charge on any atom is 0.182 e. The van der Waals surface area contributed by atoms with Gasteiger partial charge in [-0.25, -0.2) is 0 Å². The number of nitrogens with zero attached hydrogens (tertiary/aromatic N) is 3. The quantitative estimate of drug-likeness (QED) is 0.215. The number of aryl methyl sites for hydroxylation is 1. The lowest BCUT2D eigenvalue weighted by atomic mass is 10.1. The van der Waals surface area contributed by atoms with Gasteiger partial charge in [-0.2, -0.15) is 10.2 Å². The monoisotopic (exact) mass is 384 g/mol. The number of ether oxygens (including phenoxy) is 1. The summed E-state index contributed by atoms with van der Waals surface area (Å²) >= 11 is 0. The Morgan fingerprint density at radius 1 is 0.929 bits per heavy atom. The second kappa shape index (κ2) is 10.9. The fourth-order valence-corrected chi connectivity index (χ4v) is 2.94. The van der Waals surface area contributed by atoms with Gasteiger partial charge in [0, 0.05) is 0 Å². The van der Waals surface area contributed by atoms with E-state index >= 15 is 0 Å². The van der Waals surface area contributed by atoms with Gasteiger partial charge in [-0.3, -0.25) is 0 Å². The predicted molar refractivity (Wildman–Crippen MR) is 114 cm³/mol. The zero-order valence-electron chi connectivity index (χ0n) is 17.7. The van der Waals surface area contributed by atoms with Crippen LogP contribution in [0.2, 0.25) is 0 Å². The van der Waals surface area contributed by atoms with Crippen molar-refractivity contribution in [3.63, 3.8) is 0 Å². The van der Waals surface area contributed by atoms with Gasteiger partial charge in [0.05, 0.1) is 37.6 Å². The van der Waals surface area contributed by atoms with E-state index in [2.05, 4.69) is 31.2 Å². The Hall–Kier alpha value is -2.24. The molecule has 2 rings (SSSR count). The van der Waals surface area contributed by atoms with Gasteiger partial charge in [-0.15, -0.1) is 0 Å². The van der Waals surface area contributed by atoms with Gasteiger partial charge < -0.3 is 14.3 Å². The summed E-state index contributed by atoms with van der Waals surface area (Å²) in [5.41, 5.74) is 3.58. The van der Waals surface area contributed by atoms with E-state index in [1.54, 1.807) is 12.1 Å². The summed E-state index contributed by atoms with van der Waals surface area (Å²) < 4.78 is 6.49. The summed E-state index contributed by atoms with van der Waals surface area (Å²) in [5.74, 6) is 0.281. The summed E-state index contributed by atoms with van der Waals surface area (Å²) in [4.78, 5) is 0. The van der Waals surface area contributed by atoms with Crippen molar-refractivity contribution < 1.29 is 14.3 Å². The summed E-state index contributed by atoms with van der Waals surface area (Å²) in [6.45, 7) is 6.32. The minimum absolute atomic E-state index is 0.281. The van der Waals surface area contributed by atoms with Crippen molar-refractivity contribution in [2.45, 2.75) is 46.1 Å². The lowest BCUT2D eigenvalue weighted by Gasteiger charge is -2.29. The molecule has 2 aromatic rings. The molecule has 0 aromatic heterocycles. The maximum absolute atomic E-state index is 10.3. The van der Waals surface area contributed by atoms with Gasteiger partial charge in [-0.05, 0) is 43.7 Å². The largest absolute Gasteiger partial charge is 0.507 e. The van der Waals surface area contributed by atoms with Crippen LogP contribution >= 0.6 is 0 Å². The number of hydrogen-bond donors (Lipinski definition) is 1. The molecule has 0 aliphatic rings. The van der Waals surface area contributed by atoms with Crippen LogP contribution in [0.3, 0.4) is 0 Å². The average Bonchev–Trinajstić information content (AvgIpc) is 2.66. The number of phenols is 1. The summed E-state index contributed by atoms with van der Waals surface area (Å²) in [5, 5.41) is 18.9. The molecule has 0 aliphatic heterocycles. The first-order chi connectivity index (χ1) is 13.4. The van der Waals surface area contributed by atoms with E-state index in [0.29, 0.717) is 17.8 Å². The Morgan fingerprint density at radius 3 is 2.32 bits per heavy atom. The minimum atomic E-state index is 0.281. The van der Waals surface area contributed by atoms with E-state index < -0.39 is 0 Å². The lowest BCUT2D eigenvalue weighted by Crippen LogP contribution is -2.40. The molecule has 0 fully saturated rings. The van der Waals surface area contributed by atoms with Crippen LogP contribution in [0.4, 0.5) is 11.4 Å². The summed E-state index contributed by atoms with van der Waals surface area (Å²) in [7, 11) is 4.21. The Balaban J connectivity index is 1.95. The minimum Gasteiger partial charge on any atom is -0.507 e. The van der Waals surface area contributed by atoms with Gasteiger partial charge in [0.25, 0.3) is 0 Å². The highest BCUT2D eigenvalue weighted by molar-refractivity contribution is 5.47. The van der Waals surface area contributed by atoms with Crippen LogP contribution < -0.4 is 0 Å². The molecule has 5 nitrogen and oxygen atoms in total. The number of azo groups is 1. The topological polar surface area (TPSA) is 54.2 Å². The molecule has 152 valence electrons. The second-order valence-corrected chi connectivity index (χ2v) is 8.04. The third-order valence-electron chi connectivity index (χ3n) is 4.56. The van der Waals surface area contributed by atoms with Crippen LogP contribution in [0.25, 0.3) is 0 Å². The molecule has 0 amide bonds. The van der Waals surface area contributed by atoms with Gasteiger partial charge in [0.2, 0.25) is 0 Å². The van der Waals surface area contributed by atoms with Crippen LogP contribution in [-0.4, -0.2) is 37.0 Å². The highest BCUT2D eigenvalue weighted by Gasteiger charge is 2.18. The van der Waals surface area contributed by atoms with Crippen LogP contribution in [-0.2, 0) is 11.3 Å². The molecule has 0 radical (unpaired) electrons. The molecular weight excluding hydrogens is 350 g/mol. The fourth-order valence-electron chi connectivity index (χ4n) is 2.94. The van der Waals surface area contributed by atoms with Crippen LogP contribution in [0.1, 0.15) is 43.7 Å². The molecular formula is C23H34N3O2+. The number of phenolic OH excluding ortho intramolecular Hbond substituents is 1. The van der Waals surface area contributed by atoms with Crippen molar-refractivity contribution in [1.29, 1.82) is 0 Å². The van der Waals surface area contributed by atoms with Gasteiger partial charge in [-0.1, -0.05) is 43.9 Å². The Bertz CT molecular complexity index is 755. The first kappa shape index (κ1) is 22.1. The molecule has 0 bridgehead atoms. The third kappa shape index (κ3) is 7.79. The molecule has 0 spiro atoms. The molecule has 28 heavy (non-hydrogen) atoms. The van der Waals surface area contributed by atoms with E-state index in [1.807, 2.05) is 37.3 Å². The zero-order chi connectivity index (χ0) is 20.4. The Morgan fingerprint density at radius 2 is 1.61 bits per heavy atom. The molecule has 0 saturated heterocycles. The van der Waals surface area contributed by atoms with Crippen molar-refractivity contribution in [2.24, 2.45) is 10.2 Å². The van der Waals surface area contributed by atoms with E-state index in [0.717, 1.165) is 30.0 Å². The number of rotatable bonds is 11. The Kier molecular flexibility index (Phi) is 8.61. The number of quaternary nitrogens is 1. The molecule has 0 saturated carbocycles. The van der Waals surface area contributed by atoms with E-state index in [9.17, 15) is 5.11 Å². The van der Waals surface area contributed by atoms with E-state index in [1.165, 1.54) is 24.8 Å². The smallest absolute Gasteiger partial charge is 0.182 e. The number of hydrogen-bond acceptors (Lipinski definition) is 4. The summed E-state index contributed by atoms with van der Waals surface area (Å²) in [6, 6.07) is 13.3. The highest BCUT2D eigenvalue weighted by Crippen LogP contribution is 2.27. The standard InChI is InChI=1S/C23H33N3O2/c1-5-6-7-8-15-28-18-26(3,4)17-20-16-22(13-14-23(20)27)25-24-21-11-9-19(2)10-12-21/h9-14,16H,5-8,15,17-18H2,1-4H3/p+1. The third-order valence-corrected chi connectivity index (χ3v) is 4.56. The Labute approximate surface area is 169 Å². The van der Waals surface area contributed by atoms with Crippen LogP contribution in [0, 0.1) is 6.92 Å². The van der Waals surface area contributed by atoms with Gasteiger partial charge in [0.15, 0.2) is 6.73 Å². The predicted octanol–water partition coefficient (Wildman–Crippen LogP) is 6.25. The molecule has 0 heterocycles. The molecule has 1 N–H and O–H groups in total. The van der Waals surface area contributed by atoms with Crippen LogP contribution in [0.5, 0.6) is 5.75 Å². The van der Waals surface area contributed by atoms with Crippen molar-refractivity contribution in [3.05, 3.63) is 53.6 Å². The lowest BCUT2D eigenvalue weighted by molar-refractivity contribution is -0.922. The van der Waals surface area contributed by atoms with Gasteiger partial charge >= 0.3 is 0 Å². The molecule has 0 atom stereocenters. The number of aromatic hydroxyl groups is 1. The highest BCUT2D eigenvalue weighted by atomic mass is 16.5. The second-order valence-electron chi connectivity index (χ2n) is 8.04. The normalized spacial score (nSPS) is 12.0.